The van der Waals surface area contributed by atoms with E-state index in [2.05, 4.69) is 4.98 Å². The number of nitrogens with zero attached hydrogens (tertiary/aromatic N) is 2. The molecule has 1 aromatic rings. The van der Waals surface area contributed by atoms with Gasteiger partial charge in [-0.1, -0.05) is 11.6 Å². The molecule has 0 aliphatic heterocycles. The molecule has 11 heavy (non-hydrogen) atoms. The molecule has 5 heteroatoms. The largest absolute Gasteiger partial charge is 0.222 e. The Morgan fingerprint density at radius 2 is 2.36 bits per heavy atom. The van der Waals surface area contributed by atoms with Gasteiger partial charge in [0.1, 0.15) is 11.8 Å². The van der Waals surface area contributed by atoms with Crippen molar-refractivity contribution >= 4 is 34.2 Å². The summed E-state index contributed by atoms with van der Waals surface area (Å²) in [6.07, 6.45) is 0. The van der Waals surface area contributed by atoms with E-state index in [0.29, 0.717) is 3.57 Å². The normalized spacial score (nSPS) is 9.27. The van der Waals surface area contributed by atoms with Crippen LogP contribution in [0.3, 0.4) is 0 Å². The summed E-state index contributed by atoms with van der Waals surface area (Å²) in [5.41, 5.74) is 0.126. The summed E-state index contributed by atoms with van der Waals surface area (Å²) < 4.78 is 13.0. The Morgan fingerprint density at radius 3 is 2.82 bits per heavy atom. The molecule has 0 aliphatic carbocycles. The third kappa shape index (κ3) is 1.79. The van der Waals surface area contributed by atoms with Gasteiger partial charge in [-0.2, -0.15) is 5.26 Å². The molecule has 0 bridgehead atoms. The van der Waals surface area contributed by atoms with Crippen LogP contribution in [0.5, 0.6) is 0 Å². The molecule has 0 saturated heterocycles. The molecule has 0 aliphatic rings. The molecular weight excluding hydrogens is 281 g/mol. The van der Waals surface area contributed by atoms with Gasteiger partial charge >= 0.3 is 0 Å². The predicted octanol–water partition coefficient (Wildman–Crippen LogP) is 2.35. The van der Waals surface area contributed by atoms with Crippen LogP contribution in [-0.2, 0) is 0 Å². The van der Waals surface area contributed by atoms with Gasteiger partial charge < -0.3 is 0 Å². The third-order valence-corrected chi connectivity index (χ3v) is 2.02. The highest BCUT2D eigenvalue weighted by atomic mass is 127. The maximum Gasteiger partial charge on any atom is 0.173 e. The van der Waals surface area contributed by atoms with Crippen LogP contribution in [0, 0.1) is 20.7 Å². The van der Waals surface area contributed by atoms with Crippen LogP contribution in [0.15, 0.2) is 6.07 Å². The van der Waals surface area contributed by atoms with E-state index in [9.17, 15) is 4.39 Å². The number of hydrogen-bond acceptors (Lipinski definition) is 2. The average molecular weight is 282 g/mol. The summed E-state index contributed by atoms with van der Waals surface area (Å²) in [6, 6.07) is 3.10. The topological polar surface area (TPSA) is 36.7 Å². The molecule has 1 rings (SSSR count). The highest BCUT2D eigenvalue weighted by Gasteiger charge is 2.07. The van der Waals surface area contributed by atoms with E-state index in [0.717, 1.165) is 0 Å². The lowest BCUT2D eigenvalue weighted by atomic mass is 10.4. The number of rotatable bonds is 0. The summed E-state index contributed by atoms with van der Waals surface area (Å²) in [6.45, 7) is 0. The van der Waals surface area contributed by atoms with Crippen LogP contribution in [0.2, 0.25) is 5.15 Å². The molecule has 0 fully saturated rings. The highest BCUT2D eigenvalue weighted by Crippen LogP contribution is 2.18. The van der Waals surface area contributed by atoms with E-state index in [1.165, 1.54) is 6.07 Å². The standard InChI is InChI=1S/C6HClFIN2/c7-6-5(8)4(9)1-3(2-10)11-6/h1H. The van der Waals surface area contributed by atoms with Crippen LogP contribution < -0.4 is 0 Å². The van der Waals surface area contributed by atoms with Gasteiger partial charge in [-0.05, 0) is 28.7 Å². The van der Waals surface area contributed by atoms with E-state index in [1.807, 2.05) is 0 Å². The Bertz CT molecular complexity index is 311. The first kappa shape index (κ1) is 8.68. The molecule has 1 aromatic heterocycles. The van der Waals surface area contributed by atoms with Gasteiger partial charge in [0.2, 0.25) is 0 Å². The summed E-state index contributed by atoms with van der Waals surface area (Å²) in [7, 11) is 0. The second kappa shape index (κ2) is 3.32. The van der Waals surface area contributed by atoms with Crippen molar-refractivity contribution in [2.75, 3.05) is 0 Å². The molecule has 0 atom stereocenters. The maximum absolute atomic E-state index is 12.7. The van der Waals surface area contributed by atoms with Crippen molar-refractivity contribution in [3.63, 3.8) is 0 Å². The van der Waals surface area contributed by atoms with Crippen molar-refractivity contribution in [3.05, 3.63) is 26.3 Å². The zero-order valence-corrected chi connectivity index (χ0v) is 8.02. The highest BCUT2D eigenvalue weighted by molar-refractivity contribution is 14.1. The van der Waals surface area contributed by atoms with E-state index < -0.39 is 5.82 Å². The van der Waals surface area contributed by atoms with Crippen LogP contribution in [0.4, 0.5) is 4.39 Å². The van der Waals surface area contributed by atoms with Gasteiger partial charge in [0, 0.05) is 0 Å². The minimum Gasteiger partial charge on any atom is -0.222 e. The van der Waals surface area contributed by atoms with Gasteiger partial charge in [-0.3, -0.25) is 0 Å². The first-order valence-corrected chi connectivity index (χ1v) is 4.02. The fourth-order valence-electron chi connectivity index (χ4n) is 0.526. The molecule has 0 saturated carbocycles. The van der Waals surface area contributed by atoms with Gasteiger partial charge in [-0.25, -0.2) is 9.37 Å². The average Bonchev–Trinajstić information content (AvgIpc) is 1.99. The predicted molar refractivity (Wildman–Crippen MR) is 46.6 cm³/mol. The Morgan fingerprint density at radius 1 is 1.73 bits per heavy atom. The van der Waals surface area contributed by atoms with Crippen molar-refractivity contribution in [3.8, 4) is 6.07 Å². The minimum absolute atomic E-state index is 0.126. The monoisotopic (exact) mass is 282 g/mol. The number of halogens is 3. The van der Waals surface area contributed by atoms with E-state index >= 15 is 0 Å². The quantitative estimate of drug-likeness (QED) is 0.541. The molecule has 1 heterocycles. The van der Waals surface area contributed by atoms with Crippen molar-refractivity contribution in [1.82, 2.24) is 4.98 Å². The Hall–Kier alpha value is -0.410. The van der Waals surface area contributed by atoms with E-state index in [1.54, 1.807) is 28.7 Å². The Balaban J connectivity index is 3.35. The molecular formula is C6HClFIN2. The maximum atomic E-state index is 12.7. The summed E-state index contributed by atoms with van der Waals surface area (Å²) >= 11 is 7.10. The van der Waals surface area contributed by atoms with Gasteiger partial charge in [0.25, 0.3) is 0 Å². The molecule has 0 unspecified atom stereocenters. The zero-order chi connectivity index (χ0) is 8.43. The third-order valence-electron chi connectivity index (χ3n) is 0.987. The molecule has 0 N–H and O–H groups in total. The van der Waals surface area contributed by atoms with Gasteiger partial charge in [-0.15, -0.1) is 0 Å². The molecule has 0 aromatic carbocycles. The van der Waals surface area contributed by atoms with Crippen LogP contribution >= 0.6 is 34.2 Å². The smallest absolute Gasteiger partial charge is 0.173 e. The van der Waals surface area contributed by atoms with E-state index in [-0.39, 0.29) is 10.8 Å². The molecule has 0 radical (unpaired) electrons. The van der Waals surface area contributed by atoms with Gasteiger partial charge in [0.15, 0.2) is 11.0 Å². The van der Waals surface area contributed by atoms with Crippen LogP contribution in [-0.4, -0.2) is 4.98 Å². The molecule has 56 valence electrons. The number of pyridine rings is 1. The van der Waals surface area contributed by atoms with Crippen molar-refractivity contribution < 1.29 is 4.39 Å². The van der Waals surface area contributed by atoms with Gasteiger partial charge in [0.05, 0.1) is 3.57 Å². The number of nitriles is 1. The molecule has 0 amide bonds. The molecule has 0 spiro atoms. The minimum atomic E-state index is -0.578. The second-order valence-electron chi connectivity index (χ2n) is 1.71. The fourth-order valence-corrected chi connectivity index (χ4v) is 1.43. The number of hydrogen-bond donors (Lipinski definition) is 0. The lowest BCUT2D eigenvalue weighted by Crippen LogP contribution is -1.91. The summed E-state index contributed by atoms with van der Waals surface area (Å²) in [5, 5.41) is 8.12. The first-order valence-electron chi connectivity index (χ1n) is 2.57. The summed E-state index contributed by atoms with van der Waals surface area (Å²) in [4.78, 5) is 3.48. The van der Waals surface area contributed by atoms with Crippen molar-refractivity contribution in [2.45, 2.75) is 0 Å². The van der Waals surface area contributed by atoms with Crippen LogP contribution in [0.1, 0.15) is 5.69 Å². The Labute approximate surface area is 81.1 Å². The second-order valence-corrected chi connectivity index (χ2v) is 3.23. The zero-order valence-electron chi connectivity index (χ0n) is 5.11. The van der Waals surface area contributed by atoms with Crippen molar-refractivity contribution in [2.24, 2.45) is 0 Å². The lowest BCUT2D eigenvalue weighted by Gasteiger charge is -1.95. The number of aromatic nitrogens is 1. The SMILES string of the molecule is N#Cc1cc(I)c(F)c(Cl)n1. The fraction of sp³-hybridized carbons (Fsp3) is 0. The molecule has 2 nitrogen and oxygen atoms in total. The summed E-state index contributed by atoms with van der Waals surface area (Å²) in [5.74, 6) is -0.578. The Kier molecular flexibility index (Phi) is 2.62. The van der Waals surface area contributed by atoms with Crippen molar-refractivity contribution in [1.29, 1.82) is 5.26 Å². The van der Waals surface area contributed by atoms with E-state index in [4.69, 9.17) is 16.9 Å². The first-order chi connectivity index (χ1) is 5.15. The van der Waals surface area contributed by atoms with Crippen LogP contribution in [0.25, 0.3) is 0 Å². The lowest BCUT2D eigenvalue weighted by molar-refractivity contribution is 0.614.